The van der Waals surface area contributed by atoms with Crippen molar-refractivity contribution in [2.24, 2.45) is 5.92 Å². The van der Waals surface area contributed by atoms with Crippen LogP contribution in [0.5, 0.6) is 0 Å². The van der Waals surface area contributed by atoms with E-state index in [0.29, 0.717) is 30.1 Å². The number of piperidine rings is 1. The molecule has 2 aromatic rings. The van der Waals surface area contributed by atoms with Gasteiger partial charge in [0.05, 0.1) is 10.8 Å². The Hall–Kier alpha value is -1.89. The molecule has 0 spiro atoms. The standard InChI is InChI=1S/C19H21ClN2O3S/c1-14-4-10-18(11-5-14)26(24,25)22-12-2-3-15(13-22)19(23)21-17-8-6-16(20)7-9-17/h4-11,15H,2-3,12-13H2,1H3,(H,21,23)/t15-/m0/s1. The van der Waals surface area contributed by atoms with Gasteiger partial charge in [0.1, 0.15) is 0 Å². The molecule has 0 aromatic heterocycles. The highest BCUT2D eigenvalue weighted by Crippen LogP contribution is 2.25. The van der Waals surface area contributed by atoms with Crippen LogP contribution in [0.4, 0.5) is 5.69 Å². The first-order valence-electron chi connectivity index (χ1n) is 8.49. The molecule has 0 aliphatic carbocycles. The van der Waals surface area contributed by atoms with E-state index in [0.717, 1.165) is 5.56 Å². The van der Waals surface area contributed by atoms with Crippen LogP contribution in [0.2, 0.25) is 5.02 Å². The van der Waals surface area contributed by atoms with E-state index in [-0.39, 0.29) is 23.3 Å². The second-order valence-corrected chi connectivity index (χ2v) is 8.89. The van der Waals surface area contributed by atoms with Crippen LogP contribution in [-0.2, 0) is 14.8 Å². The molecule has 0 unspecified atom stereocenters. The number of halogens is 1. The number of hydrogen-bond donors (Lipinski definition) is 1. The molecule has 1 N–H and O–H groups in total. The maximum atomic E-state index is 12.8. The van der Waals surface area contributed by atoms with E-state index < -0.39 is 10.0 Å². The average Bonchev–Trinajstić information content (AvgIpc) is 2.64. The molecule has 1 amide bonds. The third-order valence-corrected chi connectivity index (χ3v) is 6.66. The van der Waals surface area contributed by atoms with Gasteiger partial charge in [0.25, 0.3) is 0 Å². The van der Waals surface area contributed by atoms with E-state index in [9.17, 15) is 13.2 Å². The number of carbonyl (C=O) groups excluding carboxylic acids is 1. The highest BCUT2D eigenvalue weighted by Gasteiger charge is 2.33. The van der Waals surface area contributed by atoms with Crippen LogP contribution in [0, 0.1) is 12.8 Å². The normalized spacial score (nSPS) is 18.5. The molecule has 1 fully saturated rings. The molecular weight excluding hydrogens is 372 g/mol. The fraction of sp³-hybridized carbons (Fsp3) is 0.316. The summed E-state index contributed by atoms with van der Waals surface area (Å²) >= 11 is 5.85. The molecule has 3 rings (SSSR count). The molecule has 2 aromatic carbocycles. The Morgan fingerprint density at radius 2 is 1.77 bits per heavy atom. The van der Waals surface area contributed by atoms with Crippen molar-refractivity contribution in [3.05, 3.63) is 59.1 Å². The number of amides is 1. The van der Waals surface area contributed by atoms with Crippen LogP contribution in [-0.4, -0.2) is 31.7 Å². The predicted octanol–water partition coefficient (Wildman–Crippen LogP) is 3.69. The molecule has 5 nitrogen and oxygen atoms in total. The molecule has 1 atom stereocenters. The van der Waals surface area contributed by atoms with Gasteiger partial charge in [0.2, 0.25) is 15.9 Å². The number of aryl methyl sites for hydroxylation is 1. The van der Waals surface area contributed by atoms with Gasteiger partial charge in [-0.2, -0.15) is 4.31 Å². The summed E-state index contributed by atoms with van der Waals surface area (Å²) in [6.07, 6.45) is 1.32. The SMILES string of the molecule is Cc1ccc(S(=O)(=O)N2CCC[C@H](C(=O)Nc3ccc(Cl)cc3)C2)cc1. The lowest BCUT2D eigenvalue weighted by Crippen LogP contribution is -2.43. The van der Waals surface area contributed by atoms with Crippen LogP contribution >= 0.6 is 11.6 Å². The monoisotopic (exact) mass is 392 g/mol. The van der Waals surface area contributed by atoms with E-state index in [1.165, 1.54) is 4.31 Å². The van der Waals surface area contributed by atoms with E-state index in [2.05, 4.69) is 5.32 Å². The van der Waals surface area contributed by atoms with E-state index >= 15 is 0 Å². The second kappa shape index (κ2) is 7.78. The number of hydrogen-bond acceptors (Lipinski definition) is 3. The number of anilines is 1. The van der Waals surface area contributed by atoms with Gasteiger partial charge in [-0.3, -0.25) is 4.79 Å². The summed E-state index contributed by atoms with van der Waals surface area (Å²) in [5.74, 6) is -0.546. The Balaban J connectivity index is 1.71. The van der Waals surface area contributed by atoms with Gasteiger partial charge in [-0.15, -0.1) is 0 Å². The largest absolute Gasteiger partial charge is 0.326 e. The number of sulfonamides is 1. The van der Waals surface area contributed by atoms with E-state index in [4.69, 9.17) is 11.6 Å². The van der Waals surface area contributed by atoms with Crippen LogP contribution in [0.3, 0.4) is 0 Å². The first-order valence-corrected chi connectivity index (χ1v) is 10.3. The number of nitrogens with one attached hydrogen (secondary N) is 1. The van der Waals surface area contributed by atoms with Crippen LogP contribution < -0.4 is 5.32 Å². The molecule has 26 heavy (non-hydrogen) atoms. The summed E-state index contributed by atoms with van der Waals surface area (Å²) < 4.78 is 27.1. The van der Waals surface area contributed by atoms with Crippen molar-refractivity contribution >= 4 is 33.2 Å². The van der Waals surface area contributed by atoms with Crippen molar-refractivity contribution in [2.75, 3.05) is 18.4 Å². The van der Waals surface area contributed by atoms with Gasteiger partial charge in [-0.05, 0) is 56.2 Å². The lowest BCUT2D eigenvalue weighted by atomic mass is 9.99. The van der Waals surface area contributed by atoms with Gasteiger partial charge < -0.3 is 5.32 Å². The van der Waals surface area contributed by atoms with Gasteiger partial charge in [-0.1, -0.05) is 29.3 Å². The third kappa shape index (κ3) is 4.26. The van der Waals surface area contributed by atoms with Crippen LogP contribution in [0.15, 0.2) is 53.4 Å². The summed E-state index contributed by atoms with van der Waals surface area (Å²) in [4.78, 5) is 12.8. The smallest absolute Gasteiger partial charge is 0.243 e. The van der Waals surface area contributed by atoms with Crippen molar-refractivity contribution in [1.82, 2.24) is 4.31 Å². The quantitative estimate of drug-likeness (QED) is 0.862. The van der Waals surface area contributed by atoms with Gasteiger partial charge >= 0.3 is 0 Å². The maximum Gasteiger partial charge on any atom is 0.243 e. The minimum atomic E-state index is -3.59. The molecule has 0 radical (unpaired) electrons. The van der Waals surface area contributed by atoms with Crippen molar-refractivity contribution in [1.29, 1.82) is 0 Å². The highest BCUT2D eigenvalue weighted by atomic mass is 35.5. The summed E-state index contributed by atoms with van der Waals surface area (Å²) in [6.45, 7) is 2.53. The van der Waals surface area contributed by atoms with Crippen molar-refractivity contribution in [3.63, 3.8) is 0 Å². The van der Waals surface area contributed by atoms with Crippen molar-refractivity contribution in [2.45, 2.75) is 24.7 Å². The molecule has 138 valence electrons. The molecular formula is C19H21ClN2O3S. The Labute approximate surface area is 159 Å². The molecule has 0 bridgehead atoms. The summed E-state index contributed by atoms with van der Waals surface area (Å²) in [6, 6.07) is 13.6. The van der Waals surface area contributed by atoms with Crippen molar-refractivity contribution < 1.29 is 13.2 Å². The topological polar surface area (TPSA) is 66.5 Å². The molecule has 1 aliphatic heterocycles. The zero-order valence-corrected chi connectivity index (χ0v) is 16.1. The lowest BCUT2D eigenvalue weighted by Gasteiger charge is -2.31. The van der Waals surface area contributed by atoms with Crippen molar-refractivity contribution in [3.8, 4) is 0 Å². The zero-order valence-electron chi connectivity index (χ0n) is 14.5. The Kier molecular flexibility index (Phi) is 5.65. The van der Waals surface area contributed by atoms with Gasteiger partial charge in [-0.25, -0.2) is 8.42 Å². The minimum Gasteiger partial charge on any atom is -0.326 e. The number of nitrogens with zero attached hydrogens (tertiary/aromatic N) is 1. The minimum absolute atomic E-state index is 0.170. The Morgan fingerprint density at radius 1 is 1.12 bits per heavy atom. The molecule has 1 heterocycles. The number of rotatable bonds is 4. The Bertz CT molecular complexity index is 880. The van der Waals surface area contributed by atoms with Gasteiger partial charge in [0, 0.05) is 23.8 Å². The van der Waals surface area contributed by atoms with Gasteiger partial charge in [0.15, 0.2) is 0 Å². The number of carbonyl (C=O) groups is 1. The Morgan fingerprint density at radius 3 is 2.42 bits per heavy atom. The summed E-state index contributed by atoms with van der Waals surface area (Å²) in [7, 11) is -3.59. The molecule has 7 heteroatoms. The van der Waals surface area contributed by atoms with Crippen LogP contribution in [0.1, 0.15) is 18.4 Å². The van der Waals surface area contributed by atoms with E-state index in [1.807, 2.05) is 6.92 Å². The first kappa shape index (κ1) is 18.9. The first-order chi connectivity index (χ1) is 12.4. The second-order valence-electron chi connectivity index (χ2n) is 6.51. The van der Waals surface area contributed by atoms with E-state index in [1.54, 1.807) is 48.5 Å². The zero-order chi connectivity index (χ0) is 18.7. The third-order valence-electron chi connectivity index (χ3n) is 4.53. The average molecular weight is 393 g/mol. The molecule has 0 saturated carbocycles. The highest BCUT2D eigenvalue weighted by molar-refractivity contribution is 7.89. The lowest BCUT2D eigenvalue weighted by molar-refractivity contribution is -0.120. The number of benzene rings is 2. The molecule has 1 saturated heterocycles. The fourth-order valence-corrected chi connectivity index (χ4v) is 4.66. The summed E-state index contributed by atoms with van der Waals surface area (Å²) in [5.41, 5.74) is 1.65. The fourth-order valence-electron chi connectivity index (χ4n) is 3.01. The molecule has 1 aliphatic rings. The van der Waals surface area contributed by atoms with Crippen LogP contribution in [0.25, 0.3) is 0 Å². The maximum absolute atomic E-state index is 12.8. The predicted molar refractivity (Wildman–Crippen MR) is 103 cm³/mol. The summed E-state index contributed by atoms with van der Waals surface area (Å²) in [5, 5.41) is 3.43.